The third-order valence-electron chi connectivity index (χ3n) is 3.70. The fraction of sp³-hybridized carbons (Fsp3) is 0.529. The minimum absolute atomic E-state index is 0.319. The van der Waals surface area contributed by atoms with Gasteiger partial charge in [-0.3, -0.25) is 9.59 Å². The van der Waals surface area contributed by atoms with Crippen LogP contribution in [-0.4, -0.2) is 48.7 Å². The summed E-state index contributed by atoms with van der Waals surface area (Å²) >= 11 is 0. The van der Waals surface area contributed by atoms with E-state index in [-0.39, 0.29) is 12.5 Å². The number of ether oxygens (including phenoxy) is 2. The van der Waals surface area contributed by atoms with E-state index in [0.29, 0.717) is 42.6 Å². The van der Waals surface area contributed by atoms with E-state index in [1.807, 2.05) is 6.92 Å². The van der Waals surface area contributed by atoms with Gasteiger partial charge in [0.2, 0.25) is 0 Å². The largest absolute Gasteiger partial charge is 0.497 e. The smallest absolute Gasteiger partial charge is 0.323 e. The van der Waals surface area contributed by atoms with Gasteiger partial charge >= 0.3 is 5.97 Å². The van der Waals surface area contributed by atoms with E-state index >= 15 is 0 Å². The van der Waals surface area contributed by atoms with Crippen LogP contribution in [0.5, 0.6) is 11.5 Å². The zero-order valence-electron chi connectivity index (χ0n) is 13.6. The van der Waals surface area contributed by atoms with E-state index in [1.54, 1.807) is 25.3 Å². The first-order valence-corrected chi connectivity index (χ1v) is 7.87. The fourth-order valence-corrected chi connectivity index (χ4v) is 2.27. The summed E-state index contributed by atoms with van der Waals surface area (Å²) in [7, 11) is 1.55. The number of carbonyl (C=O) groups excluding carboxylic acids is 1. The first-order valence-electron chi connectivity index (χ1n) is 7.87. The lowest BCUT2D eigenvalue weighted by molar-refractivity contribution is -0.137. The molecule has 0 aromatic heterocycles. The van der Waals surface area contributed by atoms with Gasteiger partial charge in [0.15, 0.2) is 0 Å². The number of nitrogens with zero attached hydrogens (tertiary/aromatic N) is 1. The number of carboxylic acid groups (broad SMARTS) is 1. The molecule has 126 valence electrons. The number of hydrogen-bond donors (Lipinski definition) is 1. The Bertz CT molecular complexity index is 568. The van der Waals surface area contributed by atoms with Gasteiger partial charge in [-0.05, 0) is 37.3 Å². The minimum atomic E-state index is -1.03. The molecule has 1 fully saturated rings. The Balaban J connectivity index is 2.22. The van der Waals surface area contributed by atoms with Crippen LogP contribution in [0.15, 0.2) is 18.2 Å². The summed E-state index contributed by atoms with van der Waals surface area (Å²) in [6.07, 6.45) is 2.98. The summed E-state index contributed by atoms with van der Waals surface area (Å²) in [6, 6.07) is 5.00. The summed E-state index contributed by atoms with van der Waals surface area (Å²) < 4.78 is 11.0. The van der Waals surface area contributed by atoms with Crippen molar-refractivity contribution in [2.75, 3.05) is 26.8 Å². The number of amides is 1. The normalized spacial score (nSPS) is 13.5. The van der Waals surface area contributed by atoms with Crippen molar-refractivity contribution < 1.29 is 24.2 Å². The second-order valence-corrected chi connectivity index (χ2v) is 5.74. The summed E-state index contributed by atoms with van der Waals surface area (Å²) in [4.78, 5) is 25.0. The number of rotatable bonds is 9. The molecule has 0 unspecified atom stereocenters. The SMILES string of the molecule is CCCN(CC(=O)O)C(=O)c1ccc(OC)cc1OCC1CC1. The number of aliphatic carboxylic acids is 1. The Hall–Kier alpha value is -2.24. The van der Waals surface area contributed by atoms with Crippen molar-refractivity contribution in [3.8, 4) is 11.5 Å². The molecule has 6 nitrogen and oxygen atoms in total. The maximum absolute atomic E-state index is 12.7. The lowest BCUT2D eigenvalue weighted by Gasteiger charge is -2.21. The molecular weight excluding hydrogens is 298 g/mol. The molecule has 1 saturated carbocycles. The third-order valence-corrected chi connectivity index (χ3v) is 3.70. The summed E-state index contributed by atoms with van der Waals surface area (Å²) in [5, 5.41) is 9.00. The predicted molar refractivity (Wildman–Crippen MR) is 85.0 cm³/mol. The Kier molecular flexibility index (Phi) is 5.84. The molecule has 0 heterocycles. The Labute approximate surface area is 136 Å². The Morgan fingerprint density at radius 2 is 2.09 bits per heavy atom. The van der Waals surface area contributed by atoms with E-state index in [1.165, 1.54) is 4.90 Å². The van der Waals surface area contributed by atoms with Crippen LogP contribution in [0, 0.1) is 5.92 Å². The van der Waals surface area contributed by atoms with Gasteiger partial charge in [-0.25, -0.2) is 0 Å². The highest BCUT2D eigenvalue weighted by Crippen LogP contribution is 2.32. The van der Waals surface area contributed by atoms with Crippen molar-refractivity contribution in [3.63, 3.8) is 0 Å². The average molecular weight is 321 g/mol. The van der Waals surface area contributed by atoms with E-state index < -0.39 is 5.97 Å². The van der Waals surface area contributed by atoms with Crippen LogP contribution in [0.3, 0.4) is 0 Å². The second kappa shape index (κ2) is 7.85. The van der Waals surface area contributed by atoms with Crippen molar-refractivity contribution in [2.45, 2.75) is 26.2 Å². The van der Waals surface area contributed by atoms with Crippen LogP contribution in [0.25, 0.3) is 0 Å². The molecule has 0 atom stereocenters. The van der Waals surface area contributed by atoms with Crippen LogP contribution in [-0.2, 0) is 4.79 Å². The molecule has 1 aliphatic rings. The van der Waals surface area contributed by atoms with Gasteiger partial charge < -0.3 is 19.5 Å². The van der Waals surface area contributed by atoms with Gasteiger partial charge in [-0.2, -0.15) is 0 Å². The zero-order chi connectivity index (χ0) is 16.8. The molecule has 1 aliphatic carbocycles. The molecule has 0 saturated heterocycles. The predicted octanol–water partition coefficient (Wildman–Crippen LogP) is 2.42. The van der Waals surface area contributed by atoms with E-state index in [4.69, 9.17) is 14.6 Å². The lowest BCUT2D eigenvalue weighted by Crippen LogP contribution is -2.36. The van der Waals surface area contributed by atoms with E-state index in [9.17, 15) is 9.59 Å². The quantitative estimate of drug-likeness (QED) is 0.756. The van der Waals surface area contributed by atoms with E-state index in [2.05, 4.69) is 0 Å². The molecule has 1 aromatic carbocycles. The highest BCUT2D eigenvalue weighted by Gasteiger charge is 2.25. The van der Waals surface area contributed by atoms with Gasteiger partial charge in [0.1, 0.15) is 18.0 Å². The van der Waals surface area contributed by atoms with Gasteiger partial charge in [0.05, 0.1) is 19.3 Å². The summed E-state index contributed by atoms with van der Waals surface area (Å²) in [6.45, 7) is 2.54. The van der Waals surface area contributed by atoms with Crippen molar-refractivity contribution in [2.24, 2.45) is 5.92 Å². The molecule has 0 radical (unpaired) electrons. The van der Waals surface area contributed by atoms with Crippen LogP contribution < -0.4 is 9.47 Å². The second-order valence-electron chi connectivity index (χ2n) is 5.74. The molecular formula is C17H23NO5. The van der Waals surface area contributed by atoms with Gasteiger partial charge in [-0.1, -0.05) is 6.92 Å². The van der Waals surface area contributed by atoms with E-state index in [0.717, 1.165) is 12.8 Å². The van der Waals surface area contributed by atoms with Gasteiger partial charge in [0.25, 0.3) is 5.91 Å². The molecule has 2 rings (SSSR count). The molecule has 23 heavy (non-hydrogen) atoms. The number of carbonyl (C=O) groups is 2. The van der Waals surface area contributed by atoms with Crippen molar-refractivity contribution in [1.29, 1.82) is 0 Å². The zero-order valence-corrected chi connectivity index (χ0v) is 13.6. The van der Waals surface area contributed by atoms with Crippen LogP contribution in [0.2, 0.25) is 0 Å². The highest BCUT2D eigenvalue weighted by atomic mass is 16.5. The number of carboxylic acids is 1. The van der Waals surface area contributed by atoms with Crippen molar-refractivity contribution in [1.82, 2.24) is 4.90 Å². The average Bonchev–Trinajstić information content (AvgIpc) is 3.35. The van der Waals surface area contributed by atoms with Gasteiger partial charge in [0, 0.05) is 12.6 Å². The fourth-order valence-electron chi connectivity index (χ4n) is 2.27. The van der Waals surface area contributed by atoms with Crippen molar-refractivity contribution in [3.05, 3.63) is 23.8 Å². The first-order chi connectivity index (χ1) is 11.0. The van der Waals surface area contributed by atoms with Crippen molar-refractivity contribution >= 4 is 11.9 Å². The van der Waals surface area contributed by atoms with Crippen LogP contribution in [0.1, 0.15) is 36.5 Å². The number of hydrogen-bond acceptors (Lipinski definition) is 4. The molecule has 1 amide bonds. The molecule has 6 heteroatoms. The topological polar surface area (TPSA) is 76.1 Å². The minimum Gasteiger partial charge on any atom is -0.497 e. The monoisotopic (exact) mass is 321 g/mol. The lowest BCUT2D eigenvalue weighted by atomic mass is 10.1. The van der Waals surface area contributed by atoms with Crippen LogP contribution in [0.4, 0.5) is 0 Å². The van der Waals surface area contributed by atoms with Crippen LogP contribution >= 0.6 is 0 Å². The molecule has 0 aliphatic heterocycles. The molecule has 1 aromatic rings. The number of benzene rings is 1. The third kappa shape index (κ3) is 4.87. The molecule has 1 N–H and O–H groups in total. The maximum Gasteiger partial charge on any atom is 0.323 e. The Morgan fingerprint density at radius 3 is 2.65 bits per heavy atom. The highest BCUT2D eigenvalue weighted by molar-refractivity contribution is 5.98. The molecule has 0 spiro atoms. The molecule has 0 bridgehead atoms. The number of methoxy groups -OCH3 is 1. The first kappa shape index (κ1) is 17.1. The summed E-state index contributed by atoms with van der Waals surface area (Å²) in [5.74, 6) is 0.249. The standard InChI is InChI=1S/C17H23NO5/c1-3-8-18(10-16(19)20)17(21)14-7-6-13(22-2)9-15(14)23-11-12-4-5-12/h6-7,9,12H,3-5,8,10-11H2,1-2H3,(H,19,20). The summed E-state index contributed by atoms with van der Waals surface area (Å²) in [5.41, 5.74) is 0.376. The maximum atomic E-state index is 12.7. The Morgan fingerprint density at radius 1 is 1.35 bits per heavy atom. The van der Waals surface area contributed by atoms with Gasteiger partial charge in [-0.15, -0.1) is 0 Å².